The van der Waals surface area contributed by atoms with Crippen molar-refractivity contribution in [3.8, 4) is 0 Å². The lowest BCUT2D eigenvalue weighted by Crippen LogP contribution is -2.14. The van der Waals surface area contributed by atoms with Crippen LogP contribution in [-0.2, 0) is 16.6 Å². The number of rotatable bonds is 4. The van der Waals surface area contributed by atoms with Crippen molar-refractivity contribution in [2.24, 2.45) is 0 Å². The molecule has 0 aliphatic carbocycles. The number of hydrogen-bond acceptors (Lipinski definition) is 3. The molecule has 0 heterocycles. The van der Waals surface area contributed by atoms with Gasteiger partial charge in [0, 0.05) is 10.2 Å². The number of aliphatic hydroxyl groups is 1. The molecular weight excluding hydrogens is 401 g/mol. The maximum absolute atomic E-state index is 12.4. The van der Waals surface area contributed by atoms with Gasteiger partial charge in [0.05, 0.1) is 16.7 Å². The molecule has 2 aromatic carbocycles. The largest absolute Gasteiger partial charge is 0.392 e. The minimum absolute atomic E-state index is 0.0221. The van der Waals surface area contributed by atoms with E-state index in [1.54, 1.807) is 24.3 Å². The van der Waals surface area contributed by atoms with Crippen LogP contribution in [0, 0.1) is 0 Å². The smallest absolute Gasteiger partial charge is 0.264 e. The van der Waals surface area contributed by atoms with E-state index >= 15 is 0 Å². The third-order valence-electron chi connectivity index (χ3n) is 2.62. The fourth-order valence-electron chi connectivity index (χ4n) is 1.67. The molecule has 0 aromatic heterocycles. The summed E-state index contributed by atoms with van der Waals surface area (Å²) in [5.41, 5.74) is 1.03. The van der Waals surface area contributed by atoms with Crippen LogP contribution >= 0.6 is 39.1 Å². The molecule has 0 radical (unpaired) electrons. The second-order valence-corrected chi connectivity index (χ2v) is 7.51. The van der Waals surface area contributed by atoms with E-state index < -0.39 is 10.0 Å². The molecule has 0 amide bonds. The first-order valence-electron chi connectivity index (χ1n) is 5.70. The second-order valence-electron chi connectivity index (χ2n) is 4.16. The summed E-state index contributed by atoms with van der Waals surface area (Å²) in [7, 11) is -3.91. The number of halogens is 3. The lowest BCUT2D eigenvalue weighted by molar-refractivity contribution is 0.282. The molecule has 21 heavy (non-hydrogen) atoms. The van der Waals surface area contributed by atoms with Gasteiger partial charge in [-0.2, -0.15) is 0 Å². The predicted molar refractivity (Wildman–Crippen MR) is 87.3 cm³/mol. The van der Waals surface area contributed by atoms with Crippen LogP contribution in [0.1, 0.15) is 5.56 Å². The summed E-state index contributed by atoms with van der Waals surface area (Å²) in [4.78, 5) is -0.180. The van der Waals surface area contributed by atoms with Crippen LogP contribution in [0.15, 0.2) is 45.8 Å². The molecular formula is C13H10BrCl2NO3S. The van der Waals surface area contributed by atoms with Gasteiger partial charge >= 0.3 is 0 Å². The number of sulfonamides is 1. The van der Waals surface area contributed by atoms with Crippen LogP contribution < -0.4 is 4.72 Å². The lowest BCUT2D eigenvalue weighted by atomic mass is 10.2. The first kappa shape index (κ1) is 16.6. The Morgan fingerprint density at radius 1 is 1.10 bits per heavy atom. The summed E-state index contributed by atoms with van der Waals surface area (Å²) in [5.74, 6) is 0. The molecule has 2 aromatic rings. The van der Waals surface area contributed by atoms with Crippen molar-refractivity contribution in [1.29, 1.82) is 0 Å². The lowest BCUT2D eigenvalue weighted by Gasteiger charge is -2.11. The van der Waals surface area contributed by atoms with Crippen LogP contribution in [0.3, 0.4) is 0 Å². The van der Waals surface area contributed by atoms with E-state index in [1.165, 1.54) is 12.1 Å². The van der Waals surface area contributed by atoms with E-state index in [9.17, 15) is 8.42 Å². The Morgan fingerprint density at radius 2 is 1.62 bits per heavy atom. The zero-order chi connectivity index (χ0) is 15.6. The number of hydrogen-bond donors (Lipinski definition) is 2. The highest BCUT2D eigenvalue weighted by atomic mass is 79.9. The molecule has 0 aliphatic rings. The minimum atomic E-state index is -3.91. The summed E-state index contributed by atoms with van der Waals surface area (Å²) >= 11 is 15.1. The Balaban J connectivity index is 2.38. The van der Waals surface area contributed by atoms with Gasteiger partial charge in [-0.3, -0.25) is 4.72 Å². The fraction of sp³-hybridized carbons (Fsp3) is 0.0769. The van der Waals surface area contributed by atoms with E-state index in [4.69, 9.17) is 28.3 Å². The Morgan fingerprint density at radius 3 is 2.10 bits per heavy atom. The molecule has 0 saturated carbocycles. The highest BCUT2D eigenvalue weighted by Crippen LogP contribution is 2.33. The van der Waals surface area contributed by atoms with E-state index in [1.807, 2.05) is 0 Å². The minimum Gasteiger partial charge on any atom is -0.392 e. The maximum atomic E-state index is 12.4. The molecule has 4 nitrogen and oxygen atoms in total. The van der Waals surface area contributed by atoms with Crippen LogP contribution in [-0.4, -0.2) is 13.5 Å². The Hall–Kier alpha value is -0.790. The highest BCUT2D eigenvalue weighted by Gasteiger charge is 2.22. The average molecular weight is 411 g/mol. The van der Waals surface area contributed by atoms with E-state index in [-0.39, 0.29) is 21.5 Å². The molecule has 0 unspecified atom stereocenters. The first-order valence-corrected chi connectivity index (χ1v) is 8.74. The van der Waals surface area contributed by atoms with Gasteiger partial charge in [-0.15, -0.1) is 0 Å². The van der Waals surface area contributed by atoms with Crippen molar-refractivity contribution in [2.45, 2.75) is 11.5 Å². The van der Waals surface area contributed by atoms with Gasteiger partial charge in [0.2, 0.25) is 0 Å². The Kier molecular flexibility index (Phi) is 5.16. The van der Waals surface area contributed by atoms with Gasteiger partial charge in [0.15, 0.2) is 0 Å². The third kappa shape index (κ3) is 3.90. The molecule has 0 bridgehead atoms. The van der Waals surface area contributed by atoms with Crippen molar-refractivity contribution in [3.63, 3.8) is 0 Å². The second kappa shape index (κ2) is 6.54. The van der Waals surface area contributed by atoms with Gasteiger partial charge in [-0.05, 0) is 29.8 Å². The van der Waals surface area contributed by atoms with Crippen LogP contribution in [0.25, 0.3) is 0 Å². The summed E-state index contributed by atoms with van der Waals surface area (Å²) in [6, 6.07) is 9.23. The molecule has 2 rings (SSSR count). The van der Waals surface area contributed by atoms with E-state index in [0.717, 1.165) is 0 Å². The monoisotopic (exact) mass is 409 g/mol. The molecule has 0 saturated heterocycles. The molecule has 0 atom stereocenters. The van der Waals surface area contributed by atoms with Crippen molar-refractivity contribution in [2.75, 3.05) is 4.72 Å². The fourth-order valence-corrected chi connectivity index (χ4v) is 4.67. The molecule has 0 fully saturated rings. The van der Waals surface area contributed by atoms with Crippen LogP contribution in [0.2, 0.25) is 10.0 Å². The normalized spacial score (nSPS) is 11.4. The molecule has 2 N–H and O–H groups in total. The highest BCUT2D eigenvalue weighted by molar-refractivity contribution is 9.10. The van der Waals surface area contributed by atoms with E-state index in [2.05, 4.69) is 20.7 Å². The van der Waals surface area contributed by atoms with Gasteiger partial charge < -0.3 is 5.11 Å². The van der Waals surface area contributed by atoms with Gasteiger partial charge in [0.25, 0.3) is 10.0 Å². The van der Waals surface area contributed by atoms with Crippen LogP contribution in [0.5, 0.6) is 0 Å². The van der Waals surface area contributed by atoms with Gasteiger partial charge in [0.1, 0.15) is 4.90 Å². The number of anilines is 1. The molecule has 0 spiro atoms. The topological polar surface area (TPSA) is 66.4 Å². The first-order chi connectivity index (χ1) is 9.83. The van der Waals surface area contributed by atoms with Crippen LogP contribution in [0.4, 0.5) is 5.69 Å². The summed E-state index contributed by atoms with van der Waals surface area (Å²) in [6.45, 7) is -0.114. The Bertz CT molecular complexity index is 740. The van der Waals surface area contributed by atoms with Crippen molar-refractivity contribution < 1.29 is 13.5 Å². The molecule has 8 heteroatoms. The summed E-state index contributed by atoms with van der Waals surface area (Å²) in [5, 5.41) is 9.00. The van der Waals surface area contributed by atoms with Gasteiger partial charge in [-0.25, -0.2) is 8.42 Å². The van der Waals surface area contributed by atoms with E-state index in [0.29, 0.717) is 15.7 Å². The predicted octanol–water partition coefficient (Wildman–Crippen LogP) is 4.05. The van der Waals surface area contributed by atoms with Crippen molar-refractivity contribution in [1.82, 2.24) is 0 Å². The zero-order valence-electron chi connectivity index (χ0n) is 10.5. The average Bonchev–Trinajstić information content (AvgIpc) is 2.37. The summed E-state index contributed by atoms with van der Waals surface area (Å²) < 4.78 is 27.7. The zero-order valence-corrected chi connectivity index (χ0v) is 14.4. The van der Waals surface area contributed by atoms with Gasteiger partial charge in [-0.1, -0.05) is 51.3 Å². The number of benzene rings is 2. The SMILES string of the molecule is O=S(=O)(Nc1ccc(CO)cc1)c1c(Cl)cc(Br)cc1Cl. The van der Waals surface area contributed by atoms with Crippen molar-refractivity contribution >= 4 is 54.8 Å². The quantitative estimate of drug-likeness (QED) is 0.798. The number of nitrogens with one attached hydrogen (secondary N) is 1. The molecule has 0 aliphatic heterocycles. The van der Waals surface area contributed by atoms with Crippen molar-refractivity contribution in [3.05, 3.63) is 56.5 Å². The third-order valence-corrected chi connectivity index (χ3v) is 5.38. The maximum Gasteiger partial charge on any atom is 0.264 e. The number of aliphatic hydroxyl groups excluding tert-OH is 1. The Labute approximate surface area is 140 Å². The molecule has 112 valence electrons. The summed E-state index contributed by atoms with van der Waals surface area (Å²) in [6.07, 6.45) is 0. The standard InChI is InChI=1S/C13H10BrCl2NO3S/c14-9-5-11(15)13(12(16)6-9)21(19,20)17-10-3-1-8(7-18)2-4-10/h1-6,17-18H,7H2.